The Morgan fingerprint density at radius 2 is 2.55 bits per heavy atom. The van der Waals surface area contributed by atoms with Gasteiger partial charge in [0.15, 0.2) is 5.69 Å². The van der Waals surface area contributed by atoms with Crippen molar-refractivity contribution in [3.63, 3.8) is 0 Å². The molecule has 6 heteroatoms. The zero-order valence-corrected chi connectivity index (χ0v) is 5.68. The minimum atomic E-state index is -0.589. The first kappa shape index (κ1) is 7.21. The fourth-order valence-electron chi connectivity index (χ4n) is 0.683. The summed E-state index contributed by atoms with van der Waals surface area (Å²) in [6.45, 7) is 0. The summed E-state index contributed by atoms with van der Waals surface area (Å²) in [5, 5.41) is 22.1. The van der Waals surface area contributed by atoms with Gasteiger partial charge in [0.25, 0.3) is 0 Å². The Bertz CT molecular complexity index is 335. The van der Waals surface area contributed by atoms with Crippen LogP contribution in [0.1, 0.15) is 5.69 Å². The summed E-state index contributed by atoms with van der Waals surface area (Å²) < 4.78 is 1.05. The van der Waals surface area contributed by atoms with Gasteiger partial charge in [-0.15, -0.1) is 4.68 Å². The minimum Gasteiger partial charge on any atom is -0.358 e. The molecule has 0 N–H and O–H groups in total. The van der Waals surface area contributed by atoms with Gasteiger partial charge in [-0.25, -0.2) is 0 Å². The summed E-state index contributed by atoms with van der Waals surface area (Å²) in [4.78, 5) is 9.60. The fourth-order valence-corrected chi connectivity index (χ4v) is 0.683. The van der Waals surface area contributed by atoms with E-state index >= 15 is 0 Å². The second kappa shape index (κ2) is 2.38. The number of nitriles is 1. The Kier molecular flexibility index (Phi) is 1.56. The van der Waals surface area contributed by atoms with Gasteiger partial charge in [0.1, 0.15) is 13.1 Å². The lowest BCUT2D eigenvalue weighted by Gasteiger charge is -1.89. The fraction of sp³-hybridized carbons (Fsp3) is 0.200. The highest BCUT2D eigenvalue weighted by Crippen LogP contribution is 2.09. The number of nitrogens with zero attached hydrogens (tertiary/aromatic N) is 4. The lowest BCUT2D eigenvalue weighted by Crippen LogP contribution is -1.97. The van der Waals surface area contributed by atoms with Crippen molar-refractivity contribution in [3.05, 3.63) is 21.9 Å². The van der Waals surface area contributed by atoms with Gasteiger partial charge in [-0.05, 0) is 4.92 Å². The standard InChI is InChI=1S/C5H4N4O2/c1-8-5(9(10)11)2-4(3-6)7-8/h2H,1H3. The SMILES string of the molecule is Cn1nc(C#N)cc1[N+](=O)[O-]. The summed E-state index contributed by atoms with van der Waals surface area (Å²) in [6, 6.07) is 2.83. The van der Waals surface area contributed by atoms with E-state index in [0.717, 1.165) is 10.7 Å². The maximum absolute atomic E-state index is 10.2. The molecule has 0 aliphatic carbocycles. The molecule has 1 aromatic rings. The van der Waals surface area contributed by atoms with Crippen LogP contribution in [0.4, 0.5) is 5.82 Å². The van der Waals surface area contributed by atoms with Crippen molar-refractivity contribution in [2.75, 3.05) is 0 Å². The van der Waals surface area contributed by atoms with Gasteiger partial charge >= 0.3 is 5.82 Å². The monoisotopic (exact) mass is 152 g/mol. The average molecular weight is 152 g/mol. The molecule has 0 radical (unpaired) electrons. The van der Waals surface area contributed by atoms with Crippen LogP contribution in [0.2, 0.25) is 0 Å². The molecule has 56 valence electrons. The second-order valence-corrected chi connectivity index (χ2v) is 1.88. The van der Waals surface area contributed by atoms with E-state index in [4.69, 9.17) is 5.26 Å². The number of hydrogen-bond acceptors (Lipinski definition) is 4. The summed E-state index contributed by atoms with van der Waals surface area (Å²) in [5.41, 5.74) is 0.0548. The molecule has 0 aliphatic heterocycles. The van der Waals surface area contributed by atoms with E-state index in [9.17, 15) is 10.1 Å². The van der Waals surface area contributed by atoms with Crippen LogP contribution in [0.3, 0.4) is 0 Å². The molecule has 0 atom stereocenters. The highest BCUT2D eigenvalue weighted by molar-refractivity contribution is 5.30. The quantitative estimate of drug-likeness (QED) is 0.425. The molecule has 0 amide bonds. The predicted molar refractivity (Wildman–Crippen MR) is 34.6 cm³/mol. The summed E-state index contributed by atoms with van der Waals surface area (Å²) in [7, 11) is 1.42. The Morgan fingerprint density at radius 1 is 1.91 bits per heavy atom. The third-order valence-electron chi connectivity index (χ3n) is 1.16. The molecular weight excluding hydrogens is 148 g/mol. The van der Waals surface area contributed by atoms with Crippen molar-refractivity contribution >= 4 is 5.82 Å². The zero-order valence-electron chi connectivity index (χ0n) is 5.68. The molecule has 0 bridgehead atoms. The number of hydrogen-bond donors (Lipinski definition) is 0. The van der Waals surface area contributed by atoms with Crippen LogP contribution < -0.4 is 0 Å². The Hall–Kier alpha value is -1.90. The zero-order chi connectivity index (χ0) is 8.43. The van der Waals surface area contributed by atoms with E-state index in [0.29, 0.717) is 0 Å². The van der Waals surface area contributed by atoms with Gasteiger partial charge in [0, 0.05) is 0 Å². The minimum absolute atomic E-state index is 0.0548. The third-order valence-corrected chi connectivity index (χ3v) is 1.16. The van der Waals surface area contributed by atoms with Crippen LogP contribution in [0.25, 0.3) is 0 Å². The molecule has 0 aromatic carbocycles. The maximum Gasteiger partial charge on any atom is 0.345 e. The molecular formula is C5H4N4O2. The topological polar surface area (TPSA) is 84.8 Å². The number of nitro groups is 1. The molecule has 0 unspecified atom stereocenters. The number of aryl methyl sites for hydroxylation is 1. The molecule has 11 heavy (non-hydrogen) atoms. The van der Waals surface area contributed by atoms with Crippen molar-refractivity contribution < 1.29 is 4.92 Å². The van der Waals surface area contributed by atoms with Crippen LogP contribution in [0.5, 0.6) is 0 Å². The van der Waals surface area contributed by atoms with Crippen LogP contribution in [-0.4, -0.2) is 14.7 Å². The van der Waals surface area contributed by atoms with E-state index in [-0.39, 0.29) is 11.5 Å². The van der Waals surface area contributed by atoms with E-state index in [2.05, 4.69) is 5.10 Å². The van der Waals surface area contributed by atoms with Crippen molar-refractivity contribution in [1.29, 1.82) is 5.26 Å². The van der Waals surface area contributed by atoms with Gasteiger partial charge < -0.3 is 10.1 Å². The maximum atomic E-state index is 10.2. The van der Waals surface area contributed by atoms with E-state index in [1.807, 2.05) is 0 Å². The van der Waals surface area contributed by atoms with Gasteiger partial charge in [-0.1, -0.05) is 5.10 Å². The molecule has 0 aliphatic rings. The van der Waals surface area contributed by atoms with Gasteiger partial charge in [-0.2, -0.15) is 5.26 Å². The van der Waals surface area contributed by atoms with Gasteiger partial charge in [0.05, 0.1) is 6.07 Å². The first-order chi connectivity index (χ1) is 5.15. The van der Waals surface area contributed by atoms with E-state index < -0.39 is 4.92 Å². The molecule has 6 nitrogen and oxygen atoms in total. The third kappa shape index (κ3) is 1.16. The largest absolute Gasteiger partial charge is 0.358 e. The summed E-state index contributed by atoms with van der Waals surface area (Å²) in [6.07, 6.45) is 0. The van der Waals surface area contributed by atoms with Crippen molar-refractivity contribution in [3.8, 4) is 6.07 Å². The Balaban J connectivity index is 3.20. The summed E-state index contributed by atoms with van der Waals surface area (Å²) >= 11 is 0. The molecule has 1 aromatic heterocycles. The highest BCUT2D eigenvalue weighted by atomic mass is 16.6. The normalized spacial score (nSPS) is 9.09. The Morgan fingerprint density at radius 3 is 2.82 bits per heavy atom. The number of rotatable bonds is 1. The lowest BCUT2D eigenvalue weighted by atomic mass is 10.5. The first-order valence-electron chi connectivity index (χ1n) is 2.73. The van der Waals surface area contributed by atoms with Gasteiger partial charge in [-0.3, -0.25) is 0 Å². The molecule has 0 spiro atoms. The van der Waals surface area contributed by atoms with Crippen molar-refractivity contribution in [1.82, 2.24) is 9.78 Å². The Labute approximate surface area is 61.8 Å². The highest BCUT2D eigenvalue weighted by Gasteiger charge is 2.13. The molecule has 1 rings (SSSR count). The smallest absolute Gasteiger partial charge is 0.345 e. The predicted octanol–water partition coefficient (Wildman–Crippen LogP) is 0.200. The van der Waals surface area contributed by atoms with Crippen LogP contribution in [0.15, 0.2) is 6.07 Å². The number of aromatic nitrogens is 2. The second-order valence-electron chi connectivity index (χ2n) is 1.88. The van der Waals surface area contributed by atoms with E-state index in [1.165, 1.54) is 7.05 Å². The first-order valence-corrected chi connectivity index (χ1v) is 2.73. The average Bonchev–Trinajstić information content (AvgIpc) is 2.30. The van der Waals surface area contributed by atoms with E-state index in [1.54, 1.807) is 6.07 Å². The molecule has 0 saturated carbocycles. The summed E-state index contributed by atoms with van der Waals surface area (Å²) in [5.74, 6) is -0.179. The molecule has 0 fully saturated rings. The van der Waals surface area contributed by atoms with Gasteiger partial charge in [0.2, 0.25) is 0 Å². The van der Waals surface area contributed by atoms with Crippen LogP contribution in [0, 0.1) is 21.4 Å². The molecule has 1 heterocycles. The van der Waals surface area contributed by atoms with Crippen LogP contribution in [-0.2, 0) is 7.05 Å². The lowest BCUT2D eigenvalue weighted by molar-refractivity contribution is -0.392. The molecule has 0 saturated heterocycles. The van der Waals surface area contributed by atoms with Crippen molar-refractivity contribution in [2.45, 2.75) is 0 Å². The van der Waals surface area contributed by atoms with Crippen LogP contribution >= 0.6 is 0 Å². The van der Waals surface area contributed by atoms with Crippen molar-refractivity contribution in [2.24, 2.45) is 7.05 Å².